The quantitative estimate of drug-likeness (QED) is 0.637. The summed E-state index contributed by atoms with van der Waals surface area (Å²) in [5, 5.41) is -3.73. The summed E-state index contributed by atoms with van der Waals surface area (Å²) in [6.07, 6.45) is 5.47. The third-order valence-electron chi connectivity index (χ3n) is 2.09. The molecule has 0 N–H and O–H groups in total. The van der Waals surface area contributed by atoms with E-state index in [1.54, 1.807) is 6.08 Å². The zero-order chi connectivity index (χ0) is 9.90. The lowest BCUT2D eigenvalue weighted by molar-refractivity contribution is -0.129. The molecule has 1 rings (SSSR count). The summed E-state index contributed by atoms with van der Waals surface area (Å²) in [6, 6.07) is 0. The van der Waals surface area contributed by atoms with Crippen LogP contribution in [0.2, 0.25) is 0 Å². The van der Waals surface area contributed by atoms with Gasteiger partial charge in [0, 0.05) is 0 Å². The van der Waals surface area contributed by atoms with Gasteiger partial charge in [0.25, 0.3) is 0 Å². The predicted molar refractivity (Wildman–Crippen MR) is 47.0 cm³/mol. The van der Waals surface area contributed by atoms with Crippen molar-refractivity contribution in [2.24, 2.45) is 0 Å². The molecule has 0 aromatic rings. The van der Waals surface area contributed by atoms with Crippen LogP contribution in [-0.2, 0) is 4.79 Å². The monoisotopic (exact) mass is 208 g/mol. The highest BCUT2D eigenvalue weighted by Gasteiger charge is 2.37. The van der Waals surface area contributed by atoms with E-state index in [2.05, 4.69) is 11.6 Å². The van der Waals surface area contributed by atoms with Gasteiger partial charge in [0.15, 0.2) is 0 Å². The first-order chi connectivity index (χ1) is 6.02. The van der Waals surface area contributed by atoms with E-state index in [1.807, 2.05) is 0 Å². The van der Waals surface area contributed by atoms with Crippen molar-refractivity contribution in [1.29, 1.82) is 0 Å². The van der Waals surface area contributed by atoms with Crippen molar-refractivity contribution in [2.45, 2.75) is 37.5 Å². The average molecular weight is 209 g/mol. The highest BCUT2D eigenvalue weighted by molar-refractivity contribution is 6.35. The Balaban J connectivity index is 2.69. The fourth-order valence-corrected chi connectivity index (χ4v) is 1.52. The molecule has 0 aromatic carbocycles. The van der Waals surface area contributed by atoms with Crippen LogP contribution < -0.4 is 0 Å². The number of hydrogen-bond acceptors (Lipinski definition) is 1. The van der Waals surface area contributed by atoms with Crippen molar-refractivity contribution in [3.05, 3.63) is 11.6 Å². The molecule has 0 radical (unpaired) electrons. The third kappa shape index (κ3) is 3.07. The second-order valence-electron chi connectivity index (χ2n) is 3.16. The molecule has 0 amide bonds. The number of Topliss-reactive ketones (excluding diaryl/α,β-unsaturated/α-hetero) is 1. The molecule has 4 heteroatoms. The number of carbonyl (C=O) groups excluding carboxylic acids is 1. The van der Waals surface area contributed by atoms with Crippen LogP contribution in [0.1, 0.15) is 32.1 Å². The Morgan fingerprint density at radius 2 is 2.08 bits per heavy atom. The Morgan fingerprint density at radius 1 is 1.38 bits per heavy atom. The molecule has 74 valence electrons. The van der Waals surface area contributed by atoms with Crippen LogP contribution >= 0.6 is 11.6 Å². The van der Waals surface area contributed by atoms with Gasteiger partial charge in [-0.25, -0.2) is 0 Å². The van der Waals surface area contributed by atoms with Gasteiger partial charge in [-0.05, 0) is 42.9 Å². The Bertz CT molecular complexity index is 230. The number of halogens is 3. The minimum atomic E-state index is -3.73. The van der Waals surface area contributed by atoms with E-state index in [9.17, 15) is 13.6 Å². The molecule has 1 aliphatic rings. The molecular weight excluding hydrogens is 198 g/mol. The number of allylic oxidation sites excluding steroid dienone is 2. The van der Waals surface area contributed by atoms with Crippen LogP contribution in [0.3, 0.4) is 0 Å². The smallest absolute Gasteiger partial charge is 0.286 e. The Morgan fingerprint density at radius 3 is 2.69 bits per heavy atom. The van der Waals surface area contributed by atoms with Crippen molar-refractivity contribution in [3.63, 3.8) is 0 Å². The maximum absolute atomic E-state index is 12.4. The summed E-state index contributed by atoms with van der Waals surface area (Å²) in [7, 11) is 0. The second kappa shape index (κ2) is 4.18. The lowest BCUT2D eigenvalue weighted by Crippen LogP contribution is -2.23. The molecule has 1 nitrogen and oxygen atoms in total. The fraction of sp³-hybridized carbons (Fsp3) is 0.667. The maximum Gasteiger partial charge on any atom is 0.384 e. The SMILES string of the molecule is O=C(C1=CCCCCC1)C(F)(F)Cl. The van der Waals surface area contributed by atoms with Crippen molar-refractivity contribution in [2.75, 3.05) is 0 Å². The van der Waals surface area contributed by atoms with E-state index < -0.39 is 11.2 Å². The largest absolute Gasteiger partial charge is 0.384 e. The maximum atomic E-state index is 12.4. The first-order valence-electron chi connectivity index (χ1n) is 4.32. The van der Waals surface area contributed by atoms with E-state index >= 15 is 0 Å². The normalized spacial score (nSPS) is 19.2. The summed E-state index contributed by atoms with van der Waals surface area (Å²) in [5.41, 5.74) is 0.192. The van der Waals surface area contributed by atoms with E-state index in [1.165, 1.54) is 0 Å². The molecule has 0 unspecified atom stereocenters. The highest BCUT2D eigenvalue weighted by atomic mass is 35.5. The Labute approximate surface area is 80.8 Å². The van der Waals surface area contributed by atoms with E-state index in [0.29, 0.717) is 12.8 Å². The lowest BCUT2D eigenvalue weighted by atomic mass is 10.1. The van der Waals surface area contributed by atoms with Crippen LogP contribution in [0, 0.1) is 0 Å². The Hall–Kier alpha value is -0.440. The predicted octanol–water partition coefficient (Wildman–Crippen LogP) is 3.28. The van der Waals surface area contributed by atoms with Crippen molar-refractivity contribution < 1.29 is 13.6 Å². The van der Waals surface area contributed by atoms with Gasteiger partial charge in [0.05, 0.1) is 0 Å². The van der Waals surface area contributed by atoms with Crippen LogP contribution in [0.4, 0.5) is 8.78 Å². The molecule has 0 fully saturated rings. The number of rotatable bonds is 2. The minimum Gasteiger partial charge on any atom is -0.286 e. The van der Waals surface area contributed by atoms with Gasteiger partial charge < -0.3 is 0 Å². The first kappa shape index (κ1) is 10.6. The number of carbonyl (C=O) groups is 1. The van der Waals surface area contributed by atoms with Gasteiger partial charge in [0.1, 0.15) is 0 Å². The van der Waals surface area contributed by atoms with E-state index in [-0.39, 0.29) is 5.57 Å². The zero-order valence-corrected chi connectivity index (χ0v) is 7.91. The van der Waals surface area contributed by atoms with Crippen LogP contribution in [0.5, 0.6) is 0 Å². The van der Waals surface area contributed by atoms with Gasteiger partial charge >= 0.3 is 5.38 Å². The molecule has 0 aliphatic heterocycles. The van der Waals surface area contributed by atoms with Crippen molar-refractivity contribution in [1.82, 2.24) is 0 Å². The van der Waals surface area contributed by atoms with Crippen LogP contribution in [-0.4, -0.2) is 11.2 Å². The topological polar surface area (TPSA) is 17.1 Å². The van der Waals surface area contributed by atoms with Crippen LogP contribution in [0.15, 0.2) is 11.6 Å². The summed E-state index contributed by atoms with van der Waals surface area (Å²) in [4.78, 5) is 11.0. The van der Waals surface area contributed by atoms with Crippen LogP contribution in [0.25, 0.3) is 0 Å². The van der Waals surface area contributed by atoms with Gasteiger partial charge in [-0.15, -0.1) is 0 Å². The summed E-state index contributed by atoms with van der Waals surface area (Å²) >= 11 is 4.65. The van der Waals surface area contributed by atoms with Gasteiger partial charge in [-0.3, -0.25) is 4.79 Å². The summed E-state index contributed by atoms with van der Waals surface area (Å²) < 4.78 is 24.8. The van der Waals surface area contributed by atoms with Gasteiger partial charge in [-0.1, -0.05) is 12.5 Å². The molecule has 1 aliphatic carbocycles. The number of ketones is 1. The highest BCUT2D eigenvalue weighted by Crippen LogP contribution is 2.28. The standard InChI is InChI=1S/C9H11ClF2O/c10-9(11,12)8(13)7-5-3-1-2-4-6-7/h5H,1-4,6H2. The number of hydrogen-bond donors (Lipinski definition) is 0. The summed E-state index contributed by atoms with van der Waals surface area (Å²) in [5.74, 6) is -1.23. The molecule has 0 saturated carbocycles. The van der Waals surface area contributed by atoms with Gasteiger partial charge in [-0.2, -0.15) is 8.78 Å². The van der Waals surface area contributed by atoms with E-state index in [0.717, 1.165) is 19.3 Å². The van der Waals surface area contributed by atoms with Crippen molar-refractivity contribution in [3.8, 4) is 0 Å². The third-order valence-corrected chi connectivity index (χ3v) is 2.26. The lowest BCUT2D eigenvalue weighted by Gasteiger charge is -2.08. The fourth-order valence-electron chi connectivity index (χ4n) is 1.40. The molecule has 0 aromatic heterocycles. The Kier molecular flexibility index (Phi) is 3.42. The zero-order valence-electron chi connectivity index (χ0n) is 7.16. The molecule has 13 heavy (non-hydrogen) atoms. The minimum absolute atomic E-state index is 0.192. The summed E-state index contributed by atoms with van der Waals surface area (Å²) in [6.45, 7) is 0. The molecule has 0 atom stereocenters. The van der Waals surface area contributed by atoms with Crippen molar-refractivity contribution >= 4 is 17.4 Å². The molecule has 0 saturated heterocycles. The first-order valence-corrected chi connectivity index (χ1v) is 4.70. The molecule has 0 spiro atoms. The molecule has 0 heterocycles. The van der Waals surface area contributed by atoms with Gasteiger partial charge in [0.2, 0.25) is 5.78 Å². The number of alkyl halides is 3. The average Bonchev–Trinajstić information content (AvgIpc) is 2.28. The molecular formula is C9H11ClF2O. The van der Waals surface area contributed by atoms with E-state index in [4.69, 9.17) is 0 Å². The molecule has 0 bridgehead atoms. The second-order valence-corrected chi connectivity index (χ2v) is 3.63.